The summed E-state index contributed by atoms with van der Waals surface area (Å²) in [6, 6.07) is 24.0. The minimum Gasteiger partial charge on any atom is -0.467 e. The molecule has 0 unspecified atom stereocenters. The Morgan fingerprint density at radius 1 is 1.03 bits per heavy atom. The van der Waals surface area contributed by atoms with Gasteiger partial charge in [-0.3, -0.25) is 9.69 Å². The van der Waals surface area contributed by atoms with E-state index in [0.29, 0.717) is 33.0 Å². The van der Waals surface area contributed by atoms with Crippen LogP contribution in [0.5, 0.6) is 11.5 Å². The number of amides is 1. The SMILES string of the molecule is Cc1c(Cl)ccc2sc(N(Cc3ccco3)C(=O)c3cccc(Oc4ccccc4)c3)nc12. The predicted molar refractivity (Wildman–Crippen MR) is 132 cm³/mol. The number of halogens is 1. The molecule has 5 nitrogen and oxygen atoms in total. The predicted octanol–water partition coefficient (Wildman–Crippen LogP) is 7.49. The van der Waals surface area contributed by atoms with E-state index in [9.17, 15) is 4.79 Å². The number of carbonyl (C=O) groups excluding carboxylic acids is 1. The van der Waals surface area contributed by atoms with Gasteiger partial charge in [0, 0.05) is 10.6 Å². The van der Waals surface area contributed by atoms with E-state index in [-0.39, 0.29) is 12.5 Å². The average molecular weight is 475 g/mol. The number of fused-ring (bicyclic) bond motifs is 1. The van der Waals surface area contributed by atoms with Gasteiger partial charge in [0.05, 0.1) is 23.0 Å². The third-order valence-corrected chi connectivity index (χ3v) is 6.62. The maximum atomic E-state index is 13.7. The van der Waals surface area contributed by atoms with Gasteiger partial charge in [0.2, 0.25) is 0 Å². The third-order valence-electron chi connectivity index (χ3n) is 5.17. The van der Waals surface area contributed by atoms with Gasteiger partial charge in [-0.1, -0.05) is 47.2 Å². The number of ether oxygens (including phenoxy) is 1. The summed E-state index contributed by atoms with van der Waals surface area (Å²) >= 11 is 7.73. The number of furan rings is 1. The summed E-state index contributed by atoms with van der Waals surface area (Å²) in [6.45, 7) is 2.18. The van der Waals surface area contributed by atoms with E-state index in [4.69, 9.17) is 25.7 Å². The molecule has 5 aromatic rings. The molecule has 3 aromatic carbocycles. The molecule has 0 aliphatic heterocycles. The van der Waals surface area contributed by atoms with Crippen LogP contribution in [0.4, 0.5) is 5.13 Å². The molecular formula is C26H19ClN2O3S. The molecule has 0 aliphatic rings. The molecule has 0 aliphatic carbocycles. The van der Waals surface area contributed by atoms with E-state index in [1.165, 1.54) is 11.3 Å². The fourth-order valence-corrected chi connectivity index (χ4v) is 4.64. The first-order valence-electron chi connectivity index (χ1n) is 10.3. The average Bonchev–Trinajstić information content (AvgIpc) is 3.51. The minimum atomic E-state index is -0.201. The second kappa shape index (κ2) is 9.10. The molecule has 0 spiro atoms. The lowest BCUT2D eigenvalue weighted by molar-refractivity contribution is 0.0983. The first-order valence-corrected chi connectivity index (χ1v) is 11.5. The van der Waals surface area contributed by atoms with Crippen molar-refractivity contribution in [3.8, 4) is 11.5 Å². The lowest BCUT2D eigenvalue weighted by Gasteiger charge is -2.19. The van der Waals surface area contributed by atoms with Crippen molar-refractivity contribution in [3.05, 3.63) is 107 Å². The molecule has 0 N–H and O–H groups in total. The fraction of sp³-hybridized carbons (Fsp3) is 0.0769. The minimum absolute atomic E-state index is 0.201. The van der Waals surface area contributed by atoms with Crippen LogP contribution in [0.25, 0.3) is 10.2 Å². The highest BCUT2D eigenvalue weighted by Crippen LogP contribution is 2.35. The highest BCUT2D eigenvalue weighted by molar-refractivity contribution is 7.22. The number of hydrogen-bond acceptors (Lipinski definition) is 5. The molecule has 0 radical (unpaired) electrons. The molecule has 164 valence electrons. The largest absolute Gasteiger partial charge is 0.467 e. The van der Waals surface area contributed by atoms with Crippen molar-refractivity contribution in [1.82, 2.24) is 4.98 Å². The summed E-state index contributed by atoms with van der Waals surface area (Å²) in [5.74, 6) is 1.74. The first-order chi connectivity index (χ1) is 16.1. The van der Waals surface area contributed by atoms with E-state index >= 15 is 0 Å². The summed E-state index contributed by atoms with van der Waals surface area (Å²) in [7, 11) is 0. The molecule has 0 saturated carbocycles. The van der Waals surface area contributed by atoms with Crippen LogP contribution in [0, 0.1) is 6.92 Å². The summed E-state index contributed by atoms with van der Waals surface area (Å²) < 4.78 is 12.4. The van der Waals surface area contributed by atoms with Crippen molar-refractivity contribution in [2.24, 2.45) is 0 Å². The molecule has 2 heterocycles. The number of rotatable bonds is 6. The van der Waals surface area contributed by atoms with Gasteiger partial charge in [-0.05, 0) is 67.1 Å². The summed E-state index contributed by atoms with van der Waals surface area (Å²) in [6.07, 6.45) is 1.59. The number of anilines is 1. The molecule has 0 saturated heterocycles. The molecule has 0 fully saturated rings. The maximum Gasteiger partial charge on any atom is 0.260 e. The molecule has 0 bridgehead atoms. The second-order valence-corrected chi connectivity index (χ2v) is 8.85. The summed E-state index contributed by atoms with van der Waals surface area (Å²) in [4.78, 5) is 20.1. The molecule has 5 rings (SSSR count). The summed E-state index contributed by atoms with van der Waals surface area (Å²) in [5.41, 5.74) is 2.17. The molecule has 0 atom stereocenters. The maximum absolute atomic E-state index is 13.7. The van der Waals surface area contributed by atoms with Gasteiger partial charge in [0.15, 0.2) is 5.13 Å². The van der Waals surface area contributed by atoms with Gasteiger partial charge in [0.1, 0.15) is 17.3 Å². The molecule has 1 amide bonds. The van der Waals surface area contributed by atoms with E-state index in [0.717, 1.165) is 15.8 Å². The van der Waals surface area contributed by atoms with E-state index in [2.05, 4.69) is 0 Å². The Balaban J connectivity index is 1.51. The van der Waals surface area contributed by atoms with Crippen LogP contribution in [0.1, 0.15) is 21.7 Å². The van der Waals surface area contributed by atoms with E-state index in [1.807, 2.05) is 61.5 Å². The number of aryl methyl sites for hydroxylation is 1. The number of benzene rings is 3. The van der Waals surface area contributed by atoms with Crippen molar-refractivity contribution in [1.29, 1.82) is 0 Å². The monoisotopic (exact) mass is 474 g/mol. The van der Waals surface area contributed by atoms with Gasteiger partial charge in [-0.25, -0.2) is 4.98 Å². The Labute approximate surface area is 199 Å². The molecular weight excluding hydrogens is 456 g/mol. The highest BCUT2D eigenvalue weighted by atomic mass is 35.5. The van der Waals surface area contributed by atoms with Crippen molar-refractivity contribution in [3.63, 3.8) is 0 Å². The quantitative estimate of drug-likeness (QED) is 0.256. The van der Waals surface area contributed by atoms with Crippen LogP contribution in [-0.4, -0.2) is 10.9 Å². The lowest BCUT2D eigenvalue weighted by atomic mass is 10.2. The Bertz CT molecular complexity index is 1410. The molecule has 7 heteroatoms. The van der Waals surface area contributed by atoms with Crippen LogP contribution in [0.15, 0.2) is 89.5 Å². The first kappa shape index (κ1) is 21.2. The number of carbonyl (C=O) groups is 1. The Kier molecular flexibility index (Phi) is 5.86. The smallest absolute Gasteiger partial charge is 0.260 e. The van der Waals surface area contributed by atoms with Gasteiger partial charge < -0.3 is 9.15 Å². The van der Waals surface area contributed by atoms with Crippen LogP contribution >= 0.6 is 22.9 Å². The van der Waals surface area contributed by atoms with Crippen LogP contribution in [0.3, 0.4) is 0 Å². The van der Waals surface area contributed by atoms with E-state index < -0.39 is 0 Å². The van der Waals surface area contributed by atoms with Crippen LogP contribution in [0.2, 0.25) is 5.02 Å². The number of aromatic nitrogens is 1. The highest BCUT2D eigenvalue weighted by Gasteiger charge is 2.24. The molecule has 33 heavy (non-hydrogen) atoms. The number of para-hydroxylation sites is 1. The summed E-state index contributed by atoms with van der Waals surface area (Å²) in [5, 5.41) is 1.22. The van der Waals surface area contributed by atoms with Crippen LogP contribution in [-0.2, 0) is 6.54 Å². The lowest BCUT2D eigenvalue weighted by Crippen LogP contribution is -2.30. The number of thiazole rings is 1. The Hall–Kier alpha value is -3.61. The number of nitrogens with zero attached hydrogens (tertiary/aromatic N) is 2. The second-order valence-electron chi connectivity index (χ2n) is 7.43. The van der Waals surface area contributed by atoms with Crippen molar-refractivity contribution >= 4 is 44.2 Å². The fourth-order valence-electron chi connectivity index (χ4n) is 3.46. The van der Waals surface area contributed by atoms with E-state index in [1.54, 1.807) is 35.4 Å². The third kappa shape index (κ3) is 4.49. The zero-order valence-electron chi connectivity index (χ0n) is 17.7. The van der Waals surface area contributed by atoms with Gasteiger partial charge in [-0.2, -0.15) is 0 Å². The van der Waals surface area contributed by atoms with Gasteiger partial charge in [-0.15, -0.1) is 0 Å². The Morgan fingerprint density at radius 3 is 2.64 bits per heavy atom. The molecule has 2 aromatic heterocycles. The van der Waals surface area contributed by atoms with Crippen molar-refractivity contribution in [2.45, 2.75) is 13.5 Å². The Morgan fingerprint density at radius 2 is 1.85 bits per heavy atom. The number of hydrogen-bond donors (Lipinski definition) is 0. The van der Waals surface area contributed by atoms with Gasteiger partial charge in [0.25, 0.3) is 5.91 Å². The standard InChI is InChI=1S/C26H19ClN2O3S/c1-17-22(27)12-13-23-24(17)28-26(33-23)29(16-21-11-6-14-31-21)25(30)18-7-5-10-20(15-18)32-19-8-3-2-4-9-19/h2-15H,16H2,1H3. The van der Waals surface area contributed by atoms with Crippen molar-refractivity contribution < 1.29 is 13.9 Å². The van der Waals surface area contributed by atoms with Crippen molar-refractivity contribution in [2.75, 3.05) is 4.90 Å². The topological polar surface area (TPSA) is 55.6 Å². The van der Waals surface area contributed by atoms with Crippen LogP contribution < -0.4 is 9.64 Å². The zero-order valence-corrected chi connectivity index (χ0v) is 19.3. The normalized spacial score (nSPS) is 11.0. The van der Waals surface area contributed by atoms with Gasteiger partial charge >= 0.3 is 0 Å². The zero-order chi connectivity index (χ0) is 22.8.